The topological polar surface area (TPSA) is 58.4 Å². The average molecular weight is 221 g/mol. The quantitative estimate of drug-likeness (QED) is 0.743. The fraction of sp³-hybridized carbons (Fsp3) is 0.636. The molecule has 1 aromatic rings. The smallest absolute Gasteiger partial charge is 0.276 e. The van der Waals surface area contributed by atoms with Gasteiger partial charge in [-0.3, -0.25) is 4.79 Å². The molecule has 2 aliphatic rings. The second-order valence-corrected chi connectivity index (χ2v) is 4.66. The molecule has 0 aromatic carbocycles. The van der Waals surface area contributed by atoms with Crippen molar-refractivity contribution in [3.63, 3.8) is 0 Å². The van der Waals surface area contributed by atoms with Crippen molar-refractivity contribution in [1.29, 1.82) is 0 Å². The van der Waals surface area contributed by atoms with Crippen LogP contribution in [0.5, 0.6) is 0 Å². The van der Waals surface area contributed by atoms with E-state index in [-0.39, 0.29) is 5.91 Å². The first-order chi connectivity index (χ1) is 7.77. The number of carbonyl (C=O) groups is 1. The average Bonchev–Trinajstić information content (AvgIpc) is 2.95. The van der Waals surface area contributed by atoms with Gasteiger partial charge in [-0.2, -0.15) is 0 Å². The number of amides is 1. The van der Waals surface area contributed by atoms with E-state index in [1.165, 1.54) is 6.26 Å². The van der Waals surface area contributed by atoms with Crippen molar-refractivity contribution in [2.75, 3.05) is 19.6 Å². The maximum atomic E-state index is 12.1. The highest BCUT2D eigenvalue weighted by molar-refractivity contribution is 5.92. The van der Waals surface area contributed by atoms with Crippen LogP contribution in [0.15, 0.2) is 16.9 Å². The van der Waals surface area contributed by atoms with Crippen molar-refractivity contribution < 1.29 is 9.32 Å². The number of likely N-dealkylation sites (tertiary alicyclic amines) is 1. The van der Waals surface area contributed by atoms with Crippen molar-refractivity contribution in [1.82, 2.24) is 15.4 Å². The lowest BCUT2D eigenvalue weighted by Crippen LogP contribution is -2.38. The van der Waals surface area contributed by atoms with Gasteiger partial charge < -0.3 is 14.7 Å². The lowest BCUT2D eigenvalue weighted by molar-refractivity contribution is 0.0718. The Bertz CT molecular complexity index is 390. The molecule has 3 rings (SSSR count). The third kappa shape index (κ3) is 1.35. The van der Waals surface area contributed by atoms with E-state index < -0.39 is 0 Å². The Hall–Kier alpha value is -1.36. The summed E-state index contributed by atoms with van der Waals surface area (Å²) in [6.45, 7) is 5.01. The number of nitrogens with one attached hydrogen (secondary N) is 1. The van der Waals surface area contributed by atoms with Gasteiger partial charge in [0, 0.05) is 31.7 Å². The predicted molar refractivity (Wildman–Crippen MR) is 56.9 cm³/mol. The van der Waals surface area contributed by atoms with Gasteiger partial charge in [0.25, 0.3) is 5.91 Å². The van der Waals surface area contributed by atoms with Crippen LogP contribution >= 0.6 is 0 Å². The summed E-state index contributed by atoms with van der Waals surface area (Å²) >= 11 is 0. The van der Waals surface area contributed by atoms with Crippen molar-refractivity contribution in [3.05, 3.63) is 18.0 Å². The molecule has 2 fully saturated rings. The van der Waals surface area contributed by atoms with Crippen molar-refractivity contribution in [2.45, 2.75) is 13.0 Å². The molecule has 0 spiro atoms. The minimum atomic E-state index is -0.00403. The molecule has 1 aromatic heterocycles. The molecule has 2 saturated heterocycles. The monoisotopic (exact) mass is 221 g/mol. The van der Waals surface area contributed by atoms with Gasteiger partial charge in [0.1, 0.15) is 6.26 Å². The zero-order chi connectivity index (χ0) is 11.1. The second-order valence-electron chi connectivity index (χ2n) is 4.66. The summed E-state index contributed by atoms with van der Waals surface area (Å²) in [6.07, 6.45) is 1.44. The first-order valence-corrected chi connectivity index (χ1v) is 5.69. The van der Waals surface area contributed by atoms with Crippen LogP contribution in [0.1, 0.15) is 17.4 Å². The lowest BCUT2D eigenvalue weighted by Gasteiger charge is -2.23. The minimum Gasteiger partial charge on any atom is -0.364 e. The van der Waals surface area contributed by atoms with Crippen LogP contribution in [0.25, 0.3) is 0 Å². The van der Waals surface area contributed by atoms with Crippen molar-refractivity contribution >= 4 is 5.91 Å². The Kier molecular flexibility index (Phi) is 2.21. The Morgan fingerprint density at radius 3 is 3.19 bits per heavy atom. The zero-order valence-corrected chi connectivity index (χ0v) is 9.22. The van der Waals surface area contributed by atoms with E-state index in [0.717, 1.165) is 19.6 Å². The van der Waals surface area contributed by atoms with E-state index in [1.54, 1.807) is 6.07 Å². The van der Waals surface area contributed by atoms with Crippen LogP contribution in [-0.4, -0.2) is 41.6 Å². The van der Waals surface area contributed by atoms with Gasteiger partial charge in [-0.05, 0) is 18.8 Å². The number of hydrogen-bond donors (Lipinski definition) is 1. The van der Waals surface area contributed by atoms with Crippen LogP contribution in [0, 0.1) is 11.8 Å². The molecule has 0 saturated carbocycles. The Balaban J connectivity index is 1.79. The largest absolute Gasteiger partial charge is 0.364 e. The molecule has 3 heterocycles. The van der Waals surface area contributed by atoms with Gasteiger partial charge in [-0.25, -0.2) is 0 Å². The Morgan fingerprint density at radius 1 is 1.62 bits per heavy atom. The first kappa shape index (κ1) is 9.84. The zero-order valence-electron chi connectivity index (χ0n) is 9.22. The molecule has 16 heavy (non-hydrogen) atoms. The molecule has 3 atom stereocenters. The van der Waals surface area contributed by atoms with E-state index in [9.17, 15) is 4.79 Å². The van der Waals surface area contributed by atoms with Crippen LogP contribution in [-0.2, 0) is 0 Å². The van der Waals surface area contributed by atoms with Crippen LogP contribution in [0.3, 0.4) is 0 Å². The molecular weight excluding hydrogens is 206 g/mol. The van der Waals surface area contributed by atoms with Gasteiger partial charge >= 0.3 is 0 Å². The van der Waals surface area contributed by atoms with Crippen LogP contribution < -0.4 is 5.32 Å². The summed E-state index contributed by atoms with van der Waals surface area (Å²) in [5.41, 5.74) is 0.416. The third-order valence-corrected chi connectivity index (χ3v) is 3.85. The summed E-state index contributed by atoms with van der Waals surface area (Å²) in [5.74, 6) is 1.19. The molecule has 1 N–H and O–H groups in total. The molecule has 1 amide bonds. The molecule has 86 valence electrons. The Morgan fingerprint density at radius 2 is 2.50 bits per heavy atom. The van der Waals surface area contributed by atoms with E-state index in [2.05, 4.69) is 17.4 Å². The number of rotatable bonds is 1. The number of fused-ring (bicyclic) bond motifs is 1. The number of hydrogen-bond acceptors (Lipinski definition) is 4. The number of nitrogens with zero attached hydrogens (tertiary/aromatic N) is 2. The molecule has 5 nitrogen and oxygen atoms in total. The predicted octanol–water partition coefficient (Wildman–Crippen LogP) is 0.354. The maximum absolute atomic E-state index is 12.1. The van der Waals surface area contributed by atoms with Crippen molar-refractivity contribution in [2.24, 2.45) is 11.8 Å². The van der Waals surface area contributed by atoms with Gasteiger partial charge in [0.2, 0.25) is 0 Å². The number of carbonyl (C=O) groups excluding carboxylic acids is 1. The molecule has 3 unspecified atom stereocenters. The van der Waals surface area contributed by atoms with E-state index in [1.807, 2.05) is 4.90 Å². The molecule has 2 aliphatic heterocycles. The molecular formula is C11H15N3O2. The highest BCUT2D eigenvalue weighted by Gasteiger charge is 2.44. The fourth-order valence-electron chi connectivity index (χ4n) is 2.91. The molecule has 0 bridgehead atoms. The van der Waals surface area contributed by atoms with Crippen LogP contribution in [0.2, 0.25) is 0 Å². The minimum absolute atomic E-state index is 0.00403. The highest BCUT2D eigenvalue weighted by atomic mass is 16.5. The second kappa shape index (κ2) is 3.59. The molecule has 5 heteroatoms. The van der Waals surface area contributed by atoms with Gasteiger partial charge in [0.05, 0.1) is 0 Å². The summed E-state index contributed by atoms with van der Waals surface area (Å²) in [5, 5.41) is 7.08. The SMILES string of the molecule is CC1C2CNCC2CN1C(=O)c1ccon1. The lowest BCUT2D eigenvalue weighted by atomic mass is 9.95. The summed E-state index contributed by atoms with van der Waals surface area (Å²) < 4.78 is 4.71. The van der Waals surface area contributed by atoms with E-state index in [0.29, 0.717) is 23.6 Å². The Labute approximate surface area is 93.8 Å². The van der Waals surface area contributed by atoms with Gasteiger partial charge in [0.15, 0.2) is 5.69 Å². The normalized spacial score (nSPS) is 33.1. The van der Waals surface area contributed by atoms with Crippen molar-refractivity contribution in [3.8, 4) is 0 Å². The molecule has 0 aliphatic carbocycles. The van der Waals surface area contributed by atoms with E-state index in [4.69, 9.17) is 4.52 Å². The van der Waals surface area contributed by atoms with Gasteiger partial charge in [-0.1, -0.05) is 5.16 Å². The fourth-order valence-corrected chi connectivity index (χ4v) is 2.91. The van der Waals surface area contributed by atoms with E-state index >= 15 is 0 Å². The standard InChI is InChI=1S/C11H15N3O2/c1-7-9-5-12-4-8(9)6-14(7)11(15)10-2-3-16-13-10/h2-3,7-9,12H,4-6H2,1H3. The summed E-state index contributed by atoms with van der Waals surface area (Å²) in [4.78, 5) is 14.1. The van der Waals surface area contributed by atoms with Gasteiger partial charge in [-0.15, -0.1) is 0 Å². The first-order valence-electron chi connectivity index (χ1n) is 5.69. The maximum Gasteiger partial charge on any atom is 0.276 e. The highest BCUT2D eigenvalue weighted by Crippen LogP contribution is 2.32. The summed E-state index contributed by atoms with van der Waals surface area (Å²) in [7, 11) is 0. The summed E-state index contributed by atoms with van der Waals surface area (Å²) in [6, 6.07) is 1.92. The van der Waals surface area contributed by atoms with Crippen LogP contribution in [0.4, 0.5) is 0 Å². The molecule has 0 radical (unpaired) electrons. The third-order valence-electron chi connectivity index (χ3n) is 3.85. The number of aromatic nitrogens is 1.